The number of carbonyl (C=O) groups excluding carboxylic acids is 1. The molecule has 0 atom stereocenters. The van der Waals surface area contributed by atoms with E-state index in [1.54, 1.807) is 42.9 Å². The van der Waals surface area contributed by atoms with Crippen LogP contribution in [-0.4, -0.2) is 24.8 Å². The Morgan fingerprint density at radius 3 is 2.81 bits per heavy atom. The third-order valence-electron chi connectivity index (χ3n) is 4.15. The highest BCUT2D eigenvalue weighted by Crippen LogP contribution is 2.11. The lowest BCUT2D eigenvalue weighted by molar-refractivity contribution is 0.0998. The molecule has 1 amide bonds. The molecule has 0 saturated carbocycles. The topological polar surface area (TPSA) is 119 Å². The average Bonchev–Trinajstić information content (AvgIpc) is 2.65. The second-order valence-electron chi connectivity index (χ2n) is 5.80. The quantitative estimate of drug-likeness (QED) is 0.530. The Morgan fingerprint density at radius 1 is 1.23 bits per heavy atom. The molecule has 0 aliphatic rings. The van der Waals surface area contributed by atoms with E-state index in [0.29, 0.717) is 11.3 Å². The highest BCUT2D eigenvalue weighted by Gasteiger charge is 2.16. The molecule has 4 aromatic rings. The smallest absolute Gasteiger partial charge is 0.267 e. The maximum atomic E-state index is 12.9. The molecule has 4 rings (SSSR count). The van der Waals surface area contributed by atoms with Gasteiger partial charge in [0, 0.05) is 18.6 Å². The second-order valence-corrected chi connectivity index (χ2v) is 5.80. The van der Waals surface area contributed by atoms with Crippen LogP contribution in [0.15, 0.2) is 59.8 Å². The largest absolute Gasteiger partial charge is 0.365 e. The Kier molecular flexibility index (Phi) is 3.58. The lowest BCUT2D eigenvalue weighted by Crippen LogP contribution is -2.32. The van der Waals surface area contributed by atoms with Crippen LogP contribution in [0.1, 0.15) is 15.9 Å². The Morgan fingerprint density at radius 2 is 2.08 bits per heavy atom. The van der Waals surface area contributed by atoms with Crippen LogP contribution in [0.25, 0.3) is 16.7 Å². The molecular weight excluding hydrogens is 332 g/mol. The number of hydrogen-bond donors (Lipinski definition) is 2. The van der Waals surface area contributed by atoms with Crippen LogP contribution in [-0.2, 0) is 6.54 Å². The summed E-state index contributed by atoms with van der Waals surface area (Å²) in [5, 5.41) is 8.60. The fourth-order valence-electron chi connectivity index (χ4n) is 2.90. The van der Waals surface area contributed by atoms with Gasteiger partial charge in [0.05, 0.1) is 17.5 Å². The molecule has 0 bridgehead atoms. The van der Waals surface area contributed by atoms with Crippen molar-refractivity contribution in [2.75, 3.05) is 0 Å². The summed E-state index contributed by atoms with van der Waals surface area (Å²) < 4.78 is 2.89. The number of carbonyl (C=O) groups is 1. The number of pyridine rings is 3. The van der Waals surface area contributed by atoms with Gasteiger partial charge in [-0.15, -0.1) is 0 Å². The van der Waals surface area contributed by atoms with Crippen LogP contribution in [0.3, 0.4) is 0 Å². The van der Waals surface area contributed by atoms with E-state index in [-0.39, 0.29) is 28.5 Å². The number of nitrogens with zero attached hydrogens (tertiary/aromatic N) is 4. The number of aromatic nitrogens is 4. The van der Waals surface area contributed by atoms with Gasteiger partial charge in [0.15, 0.2) is 0 Å². The van der Waals surface area contributed by atoms with Crippen molar-refractivity contribution in [2.45, 2.75) is 6.54 Å². The summed E-state index contributed by atoms with van der Waals surface area (Å²) in [6, 6.07) is 10.2. The van der Waals surface area contributed by atoms with Crippen molar-refractivity contribution >= 4 is 22.6 Å². The Balaban J connectivity index is 2.13. The van der Waals surface area contributed by atoms with Gasteiger partial charge >= 0.3 is 0 Å². The van der Waals surface area contributed by atoms with Crippen molar-refractivity contribution < 1.29 is 4.79 Å². The first kappa shape index (κ1) is 15.7. The summed E-state index contributed by atoms with van der Waals surface area (Å²) in [6.45, 7) is 0.236. The number of fused-ring (bicyclic) bond motifs is 2. The van der Waals surface area contributed by atoms with Crippen LogP contribution < -0.4 is 16.8 Å². The third-order valence-corrected chi connectivity index (χ3v) is 4.15. The normalized spacial score (nSPS) is 11.1. The van der Waals surface area contributed by atoms with Gasteiger partial charge in [-0.05, 0) is 29.8 Å². The molecule has 8 nitrogen and oxygen atoms in total. The molecule has 0 fully saturated rings. The number of hydrogen-bond acceptors (Lipinski definition) is 5. The molecule has 0 radical (unpaired) electrons. The summed E-state index contributed by atoms with van der Waals surface area (Å²) >= 11 is 0. The van der Waals surface area contributed by atoms with Crippen molar-refractivity contribution in [3.05, 3.63) is 82.0 Å². The molecule has 128 valence electrons. The Labute approximate surface area is 146 Å². The average molecular weight is 346 g/mol. The zero-order valence-corrected chi connectivity index (χ0v) is 13.6. The van der Waals surface area contributed by atoms with E-state index in [2.05, 4.69) is 9.97 Å². The molecule has 0 aliphatic carbocycles. The maximum absolute atomic E-state index is 12.9. The molecule has 0 aromatic carbocycles. The predicted molar refractivity (Wildman–Crippen MR) is 94.7 cm³/mol. The van der Waals surface area contributed by atoms with E-state index in [9.17, 15) is 9.59 Å². The van der Waals surface area contributed by atoms with Crippen LogP contribution in [0, 0.1) is 5.41 Å². The van der Waals surface area contributed by atoms with Gasteiger partial charge in [-0.3, -0.25) is 24.4 Å². The molecular formula is C18H14N6O2. The third kappa shape index (κ3) is 2.44. The van der Waals surface area contributed by atoms with E-state index >= 15 is 0 Å². The minimum atomic E-state index is -0.769. The van der Waals surface area contributed by atoms with E-state index in [1.165, 1.54) is 15.0 Å². The van der Waals surface area contributed by atoms with Gasteiger partial charge in [-0.1, -0.05) is 12.1 Å². The molecule has 0 spiro atoms. The maximum Gasteiger partial charge on any atom is 0.267 e. The highest BCUT2D eigenvalue weighted by molar-refractivity contribution is 5.95. The fourth-order valence-corrected chi connectivity index (χ4v) is 2.90. The number of nitrogens with two attached hydrogens (primary N) is 1. The fraction of sp³-hybridized carbons (Fsp3) is 0.0556. The van der Waals surface area contributed by atoms with Gasteiger partial charge in [0.25, 0.3) is 11.5 Å². The molecule has 8 heteroatoms. The highest BCUT2D eigenvalue weighted by atomic mass is 16.1. The predicted octanol–water partition coefficient (Wildman–Crippen LogP) is 0.671. The lowest BCUT2D eigenvalue weighted by Gasteiger charge is -2.13. The van der Waals surface area contributed by atoms with E-state index < -0.39 is 5.91 Å². The summed E-state index contributed by atoms with van der Waals surface area (Å²) in [7, 11) is 0. The van der Waals surface area contributed by atoms with Gasteiger partial charge in [-0.2, -0.15) is 0 Å². The zero-order chi connectivity index (χ0) is 18.3. The van der Waals surface area contributed by atoms with Crippen LogP contribution in [0.5, 0.6) is 0 Å². The summed E-state index contributed by atoms with van der Waals surface area (Å²) in [5.74, 6) is -0.769. The van der Waals surface area contributed by atoms with Gasteiger partial charge in [0.1, 0.15) is 16.8 Å². The zero-order valence-electron chi connectivity index (χ0n) is 13.6. The van der Waals surface area contributed by atoms with E-state index in [4.69, 9.17) is 11.1 Å². The van der Waals surface area contributed by atoms with Gasteiger partial charge in [-0.25, -0.2) is 4.98 Å². The molecule has 0 aliphatic heterocycles. The Bertz CT molecular complexity index is 1270. The minimum Gasteiger partial charge on any atom is -0.365 e. The number of rotatable bonds is 3. The lowest BCUT2D eigenvalue weighted by atomic mass is 10.2. The summed E-state index contributed by atoms with van der Waals surface area (Å²) in [4.78, 5) is 33.2. The minimum absolute atomic E-state index is 0.0313. The molecule has 0 saturated heterocycles. The molecule has 4 aromatic heterocycles. The first-order valence-electron chi connectivity index (χ1n) is 7.84. The van der Waals surface area contributed by atoms with Crippen molar-refractivity contribution in [1.29, 1.82) is 5.41 Å². The van der Waals surface area contributed by atoms with Crippen molar-refractivity contribution in [3.63, 3.8) is 0 Å². The monoisotopic (exact) mass is 346 g/mol. The number of primary amides is 1. The molecule has 3 N–H and O–H groups in total. The SMILES string of the molecule is N=c1c(C(N)=O)cc2c(=O)n3ccccc3nc2n1Cc1cccnc1. The second kappa shape index (κ2) is 5.92. The van der Waals surface area contributed by atoms with E-state index in [1.807, 2.05) is 6.07 Å². The van der Waals surface area contributed by atoms with Crippen molar-refractivity contribution in [2.24, 2.45) is 5.73 Å². The molecule has 0 unspecified atom stereocenters. The van der Waals surface area contributed by atoms with Crippen LogP contribution in [0.2, 0.25) is 0 Å². The Hall–Kier alpha value is -3.81. The van der Waals surface area contributed by atoms with Crippen LogP contribution in [0.4, 0.5) is 0 Å². The summed E-state index contributed by atoms with van der Waals surface area (Å²) in [6.07, 6.45) is 4.91. The van der Waals surface area contributed by atoms with Crippen LogP contribution >= 0.6 is 0 Å². The van der Waals surface area contributed by atoms with Crippen molar-refractivity contribution in [1.82, 2.24) is 18.9 Å². The van der Waals surface area contributed by atoms with Gasteiger partial charge < -0.3 is 10.3 Å². The first-order chi connectivity index (χ1) is 12.6. The standard InChI is InChI=1S/C18H14N6O2/c19-15-12(16(20)25)8-13-17(24(15)10-11-4-3-6-21-9-11)22-14-5-1-2-7-23(14)18(13)26/h1-9,19H,10H2,(H2,20,25). The molecule has 4 heterocycles. The summed E-state index contributed by atoms with van der Waals surface area (Å²) in [5.41, 5.74) is 6.55. The van der Waals surface area contributed by atoms with E-state index in [0.717, 1.165) is 5.56 Å². The first-order valence-corrected chi connectivity index (χ1v) is 7.84. The number of nitrogens with one attached hydrogen (secondary N) is 1. The van der Waals surface area contributed by atoms with Gasteiger partial charge in [0.2, 0.25) is 0 Å². The number of amides is 1. The van der Waals surface area contributed by atoms with Crippen molar-refractivity contribution in [3.8, 4) is 0 Å². The molecule has 26 heavy (non-hydrogen) atoms.